The van der Waals surface area contributed by atoms with Gasteiger partial charge >= 0.3 is 0 Å². The number of nitrogens with one attached hydrogen (secondary N) is 1. The van der Waals surface area contributed by atoms with Crippen molar-refractivity contribution in [2.45, 2.75) is 43.1 Å². The van der Waals surface area contributed by atoms with Crippen molar-refractivity contribution in [3.8, 4) is 0 Å². The van der Waals surface area contributed by atoms with Gasteiger partial charge < -0.3 is 10.1 Å². The molecule has 1 amide bonds. The first-order chi connectivity index (χ1) is 12.0. The maximum atomic E-state index is 12.8. The monoisotopic (exact) mass is 386 g/mol. The molecule has 1 aromatic rings. The van der Waals surface area contributed by atoms with Gasteiger partial charge in [-0.2, -0.15) is 4.31 Å². The summed E-state index contributed by atoms with van der Waals surface area (Å²) < 4.78 is 32.5. The van der Waals surface area contributed by atoms with E-state index in [0.717, 1.165) is 32.1 Å². The van der Waals surface area contributed by atoms with Crippen LogP contribution < -0.4 is 5.32 Å². The molecule has 138 valence electrons. The summed E-state index contributed by atoms with van der Waals surface area (Å²) in [5, 5.41) is 3.02. The molecule has 1 N–H and O–H groups in total. The van der Waals surface area contributed by atoms with E-state index in [2.05, 4.69) is 5.32 Å². The van der Waals surface area contributed by atoms with Gasteiger partial charge in [0, 0.05) is 26.2 Å². The smallest absolute Gasteiger partial charge is 0.252 e. The Kier molecular flexibility index (Phi) is 5.99. The lowest BCUT2D eigenvalue weighted by atomic mass is 10.2. The Labute approximate surface area is 153 Å². The molecule has 0 aliphatic carbocycles. The molecule has 6 nitrogen and oxygen atoms in total. The highest BCUT2D eigenvalue weighted by Crippen LogP contribution is 2.25. The molecule has 0 unspecified atom stereocenters. The number of ether oxygens (including phenoxy) is 1. The van der Waals surface area contributed by atoms with Gasteiger partial charge in [0.2, 0.25) is 10.0 Å². The predicted octanol–water partition coefficient (Wildman–Crippen LogP) is 2.42. The number of sulfonamides is 1. The van der Waals surface area contributed by atoms with Gasteiger partial charge in [-0.25, -0.2) is 8.42 Å². The number of carbonyl (C=O) groups excluding carboxylic acids is 1. The second-order valence-electron chi connectivity index (χ2n) is 6.45. The van der Waals surface area contributed by atoms with E-state index in [1.54, 1.807) is 0 Å². The van der Waals surface area contributed by atoms with Crippen molar-refractivity contribution in [3.63, 3.8) is 0 Å². The van der Waals surface area contributed by atoms with Gasteiger partial charge in [0.1, 0.15) is 0 Å². The molecule has 8 heteroatoms. The molecule has 0 radical (unpaired) electrons. The van der Waals surface area contributed by atoms with Crippen LogP contribution in [0.25, 0.3) is 0 Å². The van der Waals surface area contributed by atoms with E-state index in [9.17, 15) is 13.2 Å². The van der Waals surface area contributed by atoms with E-state index in [0.29, 0.717) is 26.2 Å². The third kappa shape index (κ3) is 4.34. The molecule has 0 aromatic heterocycles. The number of amides is 1. The first-order valence-corrected chi connectivity index (χ1v) is 10.5. The molecule has 0 bridgehead atoms. The molecule has 1 aromatic carbocycles. The molecule has 0 spiro atoms. The zero-order valence-electron chi connectivity index (χ0n) is 14.0. The highest BCUT2D eigenvalue weighted by atomic mass is 35.5. The zero-order chi connectivity index (χ0) is 17.9. The standard InChI is InChI=1S/C17H23ClN2O4S/c18-16-7-6-14(25(22,23)20-8-2-1-3-9-20)11-15(16)17(21)19-12-13-5-4-10-24-13/h6-7,11,13H,1-5,8-10,12H2,(H,19,21)/t13-/m1/s1. The van der Waals surface area contributed by atoms with Crippen LogP contribution in [0.2, 0.25) is 5.02 Å². The Bertz CT molecular complexity index is 726. The van der Waals surface area contributed by atoms with Crippen molar-refractivity contribution < 1.29 is 17.9 Å². The van der Waals surface area contributed by atoms with Gasteiger partial charge in [-0.3, -0.25) is 4.79 Å². The summed E-state index contributed by atoms with van der Waals surface area (Å²) in [5.74, 6) is -0.379. The highest BCUT2D eigenvalue weighted by Gasteiger charge is 2.27. The van der Waals surface area contributed by atoms with Gasteiger partial charge in [0.05, 0.1) is 21.6 Å². The molecule has 25 heavy (non-hydrogen) atoms. The minimum Gasteiger partial charge on any atom is -0.376 e. The summed E-state index contributed by atoms with van der Waals surface area (Å²) in [5.41, 5.74) is 0.178. The van der Waals surface area contributed by atoms with Crippen molar-refractivity contribution in [1.82, 2.24) is 9.62 Å². The summed E-state index contributed by atoms with van der Waals surface area (Å²) in [6.45, 7) is 2.15. The van der Waals surface area contributed by atoms with Crippen LogP contribution in [0.5, 0.6) is 0 Å². The third-order valence-corrected chi connectivity index (χ3v) is 6.87. The zero-order valence-corrected chi connectivity index (χ0v) is 15.6. The Morgan fingerprint density at radius 2 is 2.00 bits per heavy atom. The number of nitrogens with zero attached hydrogens (tertiary/aromatic N) is 1. The van der Waals surface area contributed by atoms with Crippen LogP contribution >= 0.6 is 11.6 Å². The van der Waals surface area contributed by atoms with E-state index in [1.165, 1.54) is 22.5 Å². The summed E-state index contributed by atoms with van der Waals surface area (Å²) in [6.07, 6.45) is 4.69. The summed E-state index contributed by atoms with van der Waals surface area (Å²) >= 11 is 6.12. The van der Waals surface area contributed by atoms with Crippen LogP contribution in [0.15, 0.2) is 23.1 Å². The van der Waals surface area contributed by atoms with Crippen molar-refractivity contribution in [1.29, 1.82) is 0 Å². The second-order valence-corrected chi connectivity index (χ2v) is 8.80. The summed E-state index contributed by atoms with van der Waals surface area (Å²) in [6, 6.07) is 4.31. The molecule has 2 aliphatic rings. The lowest BCUT2D eigenvalue weighted by molar-refractivity contribution is 0.0857. The molecule has 2 aliphatic heterocycles. The van der Waals surface area contributed by atoms with Crippen molar-refractivity contribution in [2.24, 2.45) is 0 Å². The van der Waals surface area contributed by atoms with E-state index < -0.39 is 10.0 Å². The average Bonchev–Trinajstić information content (AvgIpc) is 3.14. The number of carbonyl (C=O) groups is 1. The number of rotatable bonds is 5. The van der Waals surface area contributed by atoms with Crippen LogP contribution in [0.3, 0.4) is 0 Å². The maximum absolute atomic E-state index is 12.8. The van der Waals surface area contributed by atoms with Crippen LogP contribution in [0.4, 0.5) is 0 Å². The van der Waals surface area contributed by atoms with E-state index in [4.69, 9.17) is 16.3 Å². The normalized spacial score (nSPS) is 22.0. The second kappa shape index (κ2) is 8.03. The highest BCUT2D eigenvalue weighted by molar-refractivity contribution is 7.89. The predicted molar refractivity (Wildman–Crippen MR) is 95.4 cm³/mol. The molecule has 2 heterocycles. The first kappa shape index (κ1) is 18.6. The fourth-order valence-electron chi connectivity index (χ4n) is 3.20. The Balaban J connectivity index is 1.76. The maximum Gasteiger partial charge on any atom is 0.252 e. The van der Waals surface area contributed by atoms with Crippen molar-refractivity contribution >= 4 is 27.5 Å². The minimum absolute atomic E-state index is 0.0167. The molecule has 2 saturated heterocycles. The topological polar surface area (TPSA) is 75.7 Å². The van der Waals surface area contributed by atoms with Crippen molar-refractivity contribution in [2.75, 3.05) is 26.2 Å². The molecular formula is C17H23ClN2O4S. The number of piperidine rings is 1. The number of halogens is 1. The number of hydrogen-bond acceptors (Lipinski definition) is 4. The van der Waals surface area contributed by atoms with Crippen LogP contribution in [0, 0.1) is 0 Å². The van der Waals surface area contributed by atoms with E-state index in [1.807, 2.05) is 0 Å². The lowest BCUT2D eigenvalue weighted by Gasteiger charge is -2.26. The molecule has 2 fully saturated rings. The molecule has 0 saturated carbocycles. The average molecular weight is 387 g/mol. The largest absolute Gasteiger partial charge is 0.376 e. The van der Waals surface area contributed by atoms with E-state index in [-0.39, 0.29) is 27.5 Å². The SMILES string of the molecule is O=C(NC[C@H]1CCCO1)c1cc(S(=O)(=O)N2CCCCC2)ccc1Cl. The Morgan fingerprint density at radius 3 is 2.68 bits per heavy atom. The van der Waals surface area contributed by atoms with Crippen molar-refractivity contribution in [3.05, 3.63) is 28.8 Å². The van der Waals surface area contributed by atoms with Gasteiger partial charge in [-0.1, -0.05) is 18.0 Å². The Hall–Kier alpha value is -1.15. The summed E-state index contributed by atoms with van der Waals surface area (Å²) in [4.78, 5) is 12.5. The van der Waals surface area contributed by atoms with Gasteiger partial charge in [0.15, 0.2) is 0 Å². The lowest BCUT2D eigenvalue weighted by Crippen LogP contribution is -2.36. The van der Waals surface area contributed by atoms with Gasteiger partial charge in [-0.05, 0) is 43.9 Å². The quantitative estimate of drug-likeness (QED) is 0.843. The van der Waals surface area contributed by atoms with Crippen LogP contribution in [-0.2, 0) is 14.8 Å². The minimum atomic E-state index is -3.60. The fraction of sp³-hybridized carbons (Fsp3) is 0.588. The van der Waals surface area contributed by atoms with Gasteiger partial charge in [0.25, 0.3) is 5.91 Å². The molecular weight excluding hydrogens is 364 g/mol. The van der Waals surface area contributed by atoms with Crippen LogP contribution in [-0.4, -0.2) is 51.0 Å². The fourth-order valence-corrected chi connectivity index (χ4v) is 4.95. The Morgan fingerprint density at radius 1 is 1.24 bits per heavy atom. The molecule has 1 atom stereocenters. The number of benzene rings is 1. The molecule has 3 rings (SSSR count). The third-order valence-electron chi connectivity index (χ3n) is 4.65. The number of hydrogen-bond donors (Lipinski definition) is 1. The summed E-state index contributed by atoms with van der Waals surface area (Å²) in [7, 11) is -3.60. The van der Waals surface area contributed by atoms with Crippen LogP contribution in [0.1, 0.15) is 42.5 Å². The van der Waals surface area contributed by atoms with Gasteiger partial charge in [-0.15, -0.1) is 0 Å². The van der Waals surface area contributed by atoms with E-state index >= 15 is 0 Å². The first-order valence-electron chi connectivity index (χ1n) is 8.68.